The zero-order chi connectivity index (χ0) is 21.7. The molecule has 30 heavy (non-hydrogen) atoms. The van der Waals surface area contributed by atoms with Gasteiger partial charge in [-0.2, -0.15) is 0 Å². The molecule has 11 heteroatoms. The first kappa shape index (κ1) is 21.4. The van der Waals surface area contributed by atoms with Gasteiger partial charge in [-0.3, -0.25) is 19.7 Å². The van der Waals surface area contributed by atoms with Crippen LogP contribution < -0.4 is 10.2 Å². The van der Waals surface area contributed by atoms with Gasteiger partial charge in [0, 0.05) is 45.2 Å². The minimum atomic E-state index is -0.533. The summed E-state index contributed by atoms with van der Waals surface area (Å²) in [5.41, 5.74) is 0.0752. The molecular weight excluding hydrogens is 417 g/mol. The number of nitrogens with zero attached hydrogens (tertiary/aromatic N) is 4. The van der Waals surface area contributed by atoms with Crippen molar-refractivity contribution in [1.29, 1.82) is 0 Å². The van der Waals surface area contributed by atoms with E-state index in [4.69, 9.17) is 11.6 Å². The Bertz CT molecular complexity index is 948. The highest BCUT2D eigenvalue weighted by Gasteiger charge is 2.22. The van der Waals surface area contributed by atoms with Gasteiger partial charge in [0.1, 0.15) is 17.8 Å². The van der Waals surface area contributed by atoms with Crippen molar-refractivity contribution in [3.63, 3.8) is 0 Å². The molecule has 158 valence electrons. The fraction of sp³-hybridized carbons (Fsp3) is 0.316. The summed E-state index contributed by atoms with van der Waals surface area (Å²) in [6.07, 6.45) is 1.34. The van der Waals surface area contributed by atoms with E-state index in [2.05, 4.69) is 10.3 Å². The van der Waals surface area contributed by atoms with Crippen LogP contribution in [0.3, 0.4) is 0 Å². The average Bonchev–Trinajstić information content (AvgIpc) is 2.73. The second-order valence-corrected chi connectivity index (χ2v) is 7.04. The normalized spacial score (nSPS) is 13.8. The molecule has 1 aliphatic rings. The van der Waals surface area contributed by atoms with E-state index in [0.717, 1.165) is 12.1 Å². The van der Waals surface area contributed by atoms with Crippen LogP contribution in [0.25, 0.3) is 0 Å². The summed E-state index contributed by atoms with van der Waals surface area (Å²) in [5, 5.41) is 13.3. The number of rotatable bonds is 6. The van der Waals surface area contributed by atoms with Crippen LogP contribution >= 0.6 is 11.6 Å². The van der Waals surface area contributed by atoms with E-state index in [9.17, 15) is 24.1 Å². The van der Waals surface area contributed by atoms with Gasteiger partial charge in [0.15, 0.2) is 0 Å². The number of benzene rings is 1. The van der Waals surface area contributed by atoms with Crippen molar-refractivity contribution in [2.75, 3.05) is 37.6 Å². The summed E-state index contributed by atoms with van der Waals surface area (Å²) in [5.74, 6) is -0.482. The number of amides is 2. The first-order chi connectivity index (χ1) is 14.3. The third-order valence-corrected chi connectivity index (χ3v) is 5.01. The summed E-state index contributed by atoms with van der Waals surface area (Å²) in [7, 11) is 0. The molecule has 1 aromatic heterocycles. The monoisotopic (exact) mass is 435 g/mol. The molecule has 0 radical (unpaired) electrons. The average molecular weight is 436 g/mol. The molecule has 0 unspecified atom stereocenters. The summed E-state index contributed by atoms with van der Waals surface area (Å²) in [6, 6.07) is 6.48. The van der Waals surface area contributed by atoms with Crippen LogP contribution in [-0.2, 0) is 4.79 Å². The van der Waals surface area contributed by atoms with Gasteiger partial charge in [0.05, 0.1) is 15.5 Å². The number of halogens is 2. The van der Waals surface area contributed by atoms with Crippen molar-refractivity contribution >= 4 is 34.9 Å². The van der Waals surface area contributed by atoms with E-state index < -0.39 is 16.6 Å². The minimum absolute atomic E-state index is 0.00908. The molecule has 9 nitrogen and oxygen atoms in total. The SMILES string of the molecule is O=C(NCCC(=O)N1CCN(c2ccc([N+](=O)[O-])cn2)CC1)c1ccc(F)cc1Cl. The highest BCUT2D eigenvalue weighted by molar-refractivity contribution is 6.33. The molecule has 3 rings (SSSR count). The van der Waals surface area contributed by atoms with Gasteiger partial charge >= 0.3 is 0 Å². The molecule has 2 heterocycles. The van der Waals surface area contributed by atoms with E-state index in [1.807, 2.05) is 4.90 Å². The number of aromatic nitrogens is 1. The topological polar surface area (TPSA) is 109 Å². The first-order valence-electron chi connectivity index (χ1n) is 9.21. The Morgan fingerprint density at radius 2 is 1.93 bits per heavy atom. The number of pyridine rings is 1. The Morgan fingerprint density at radius 1 is 1.20 bits per heavy atom. The van der Waals surface area contributed by atoms with Crippen LogP contribution in [0.1, 0.15) is 16.8 Å². The van der Waals surface area contributed by atoms with Crippen molar-refractivity contribution in [3.8, 4) is 0 Å². The Hall–Kier alpha value is -3.27. The maximum atomic E-state index is 13.1. The molecule has 1 aliphatic heterocycles. The van der Waals surface area contributed by atoms with Crippen molar-refractivity contribution in [1.82, 2.24) is 15.2 Å². The number of hydrogen-bond acceptors (Lipinski definition) is 6. The van der Waals surface area contributed by atoms with Gasteiger partial charge in [-0.05, 0) is 24.3 Å². The molecule has 1 fully saturated rings. The molecule has 0 spiro atoms. The third-order valence-electron chi connectivity index (χ3n) is 4.70. The molecule has 2 aromatic rings. The Balaban J connectivity index is 1.44. The lowest BCUT2D eigenvalue weighted by atomic mass is 10.2. The predicted molar refractivity (Wildman–Crippen MR) is 108 cm³/mol. The lowest BCUT2D eigenvalue weighted by Gasteiger charge is -2.35. The van der Waals surface area contributed by atoms with Crippen molar-refractivity contribution < 1.29 is 18.9 Å². The second-order valence-electron chi connectivity index (χ2n) is 6.63. The summed E-state index contributed by atoms with van der Waals surface area (Å²) in [6.45, 7) is 2.20. The number of carbonyl (C=O) groups excluding carboxylic acids is 2. The predicted octanol–water partition coefficient (Wildman–Crippen LogP) is 2.25. The van der Waals surface area contributed by atoms with Crippen LogP contribution in [0, 0.1) is 15.9 Å². The molecule has 0 bridgehead atoms. The summed E-state index contributed by atoms with van der Waals surface area (Å²) >= 11 is 5.86. The van der Waals surface area contributed by atoms with E-state index in [-0.39, 0.29) is 35.1 Å². The number of piperazine rings is 1. The molecule has 1 saturated heterocycles. The standard InChI is InChI=1S/C19H19ClFN5O4/c20-16-11-13(21)1-3-15(16)19(28)22-6-5-18(27)25-9-7-24(8-10-25)17-4-2-14(12-23-17)26(29)30/h1-4,11-12H,5-10H2,(H,22,28). The fourth-order valence-electron chi connectivity index (χ4n) is 3.07. The molecule has 0 aliphatic carbocycles. The molecule has 1 N–H and O–H groups in total. The van der Waals surface area contributed by atoms with Crippen molar-refractivity contribution in [2.24, 2.45) is 0 Å². The van der Waals surface area contributed by atoms with Gasteiger partial charge in [-0.25, -0.2) is 9.37 Å². The number of nitrogens with one attached hydrogen (secondary N) is 1. The first-order valence-corrected chi connectivity index (χ1v) is 9.59. The second kappa shape index (κ2) is 9.49. The van der Waals surface area contributed by atoms with Gasteiger partial charge in [-0.1, -0.05) is 11.6 Å². The number of nitro groups is 1. The molecule has 2 amide bonds. The smallest absolute Gasteiger partial charge is 0.287 e. The van der Waals surface area contributed by atoms with Crippen molar-refractivity contribution in [3.05, 3.63) is 63.0 Å². The number of hydrogen-bond donors (Lipinski definition) is 1. The zero-order valence-corrected chi connectivity index (χ0v) is 16.6. The lowest BCUT2D eigenvalue weighted by molar-refractivity contribution is -0.385. The van der Waals surface area contributed by atoms with E-state index >= 15 is 0 Å². The Labute approximate surface area is 176 Å². The highest BCUT2D eigenvalue weighted by Crippen LogP contribution is 2.18. The quantitative estimate of drug-likeness (QED) is 0.550. The van der Waals surface area contributed by atoms with E-state index in [1.165, 1.54) is 18.3 Å². The molecular formula is C19H19ClFN5O4. The number of anilines is 1. The molecule has 1 aromatic carbocycles. The zero-order valence-electron chi connectivity index (χ0n) is 15.9. The van der Waals surface area contributed by atoms with Crippen LogP contribution in [0.2, 0.25) is 5.02 Å². The van der Waals surface area contributed by atoms with Gasteiger partial charge in [0.25, 0.3) is 11.6 Å². The third kappa shape index (κ3) is 5.20. The lowest BCUT2D eigenvalue weighted by Crippen LogP contribution is -2.49. The maximum Gasteiger partial charge on any atom is 0.287 e. The minimum Gasteiger partial charge on any atom is -0.353 e. The van der Waals surface area contributed by atoms with Crippen LogP contribution in [-0.4, -0.2) is 59.3 Å². The van der Waals surface area contributed by atoms with Gasteiger partial charge in [0.2, 0.25) is 5.91 Å². The van der Waals surface area contributed by atoms with E-state index in [0.29, 0.717) is 32.0 Å². The van der Waals surface area contributed by atoms with Gasteiger partial charge < -0.3 is 15.1 Å². The molecule has 0 saturated carbocycles. The van der Waals surface area contributed by atoms with Crippen molar-refractivity contribution in [2.45, 2.75) is 6.42 Å². The summed E-state index contributed by atoms with van der Waals surface area (Å²) in [4.78, 5) is 42.4. The molecule has 0 atom stereocenters. The van der Waals surface area contributed by atoms with Crippen LogP contribution in [0.4, 0.5) is 15.9 Å². The number of carbonyl (C=O) groups is 2. The van der Waals surface area contributed by atoms with E-state index in [1.54, 1.807) is 11.0 Å². The Morgan fingerprint density at radius 3 is 2.53 bits per heavy atom. The Kier molecular flexibility index (Phi) is 6.78. The maximum absolute atomic E-state index is 13.1. The summed E-state index contributed by atoms with van der Waals surface area (Å²) < 4.78 is 13.1. The fourth-order valence-corrected chi connectivity index (χ4v) is 3.32. The largest absolute Gasteiger partial charge is 0.353 e. The van der Waals surface area contributed by atoms with Crippen LogP contribution in [0.5, 0.6) is 0 Å². The highest BCUT2D eigenvalue weighted by atomic mass is 35.5. The van der Waals surface area contributed by atoms with Gasteiger partial charge in [-0.15, -0.1) is 0 Å². The van der Waals surface area contributed by atoms with Crippen LogP contribution in [0.15, 0.2) is 36.5 Å².